The molecule has 3 atom stereocenters. The number of hydrogen-bond acceptors (Lipinski definition) is 3. The molecule has 3 fully saturated rings. The van der Waals surface area contributed by atoms with Crippen molar-refractivity contribution in [2.45, 2.75) is 89.8 Å². The molecule has 3 aliphatic carbocycles. The second kappa shape index (κ2) is 7.00. The molecule has 0 spiro atoms. The SMILES string of the molecule is CC(C)(C)OC(=O)NC1CCC(NCC2CC3CCC2C3)CC1. The Kier molecular flexibility index (Phi) is 5.19. The van der Waals surface area contributed by atoms with Gasteiger partial charge in [-0.25, -0.2) is 4.79 Å². The Bertz CT molecular complexity index is 410. The van der Waals surface area contributed by atoms with E-state index in [0.717, 1.165) is 30.6 Å². The lowest BCUT2D eigenvalue weighted by molar-refractivity contribution is 0.0489. The van der Waals surface area contributed by atoms with E-state index in [2.05, 4.69) is 10.6 Å². The first-order valence-corrected chi connectivity index (χ1v) is 9.62. The lowest BCUT2D eigenvalue weighted by Gasteiger charge is -2.32. The van der Waals surface area contributed by atoms with Crippen LogP contribution in [-0.4, -0.2) is 30.3 Å². The molecule has 1 amide bonds. The molecule has 2 N–H and O–H groups in total. The van der Waals surface area contributed by atoms with E-state index in [1.807, 2.05) is 20.8 Å². The highest BCUT2D eigenvalue weighted by Gasteiger charge is 2.39. The molecule has 3 rings (SSSR count). The van der Waals surface area contributed by atoms with Crippen LogP contribution in [0.1, 0.15) is 72.1 Å². The molecule has 0 aliphatic heterocycles. The predicted molar refractivity (Wildman–Crippen MR) is 92.4 cm³/mol. The molecular weight excluding hydrogens is 288 g/mol. The molecule has 0 radical (unpaired) electrons. The first-order chi connectivity index (χ1) is 10.9. The topological polar surface area (TPSA) is 50.4 Å². The number of ether oxygens (including phenoxy) is 1. The normalized spacial score (nSPS) is 36.9. The second-order valence-electron chi connectivity index (χ2n) is 9.04. The van der Waals surface area contributed by atoms with Gasteiger partial charge in [-0.05, 0) is 90.0 Å². The third-order valence-corrected chi connectivity index (χ3v) is 6.00. The maximum absolute atomic E-state index is 11.8. The maximum atomic E-state index is 11.8. The molecule has 4 heteroatoms. The van der Waals surface area contributed by atoms with Crippen LogP contribution in [0, 0.1) is 17.8 Å². The summed E-state index contributed by atoms with van der Waals surface area (Å²) in [7, 11) is 0. The van der Waals surface area contributed by atoms with Gasteiger partial charge in [0.1, 0.15) is 5.60 Å². The van der Waals surface area contributed by atoms with Crippen LogP contribution in [0.2, 0.25) is 0 Å². The third-order valence-electron chi connectivity index (χ3n) is 6.00. The zero-order chi connectivity index (χ0) is 16.4. The van der Waals surface area contributed by atoms with Gasteiger partial charge in [0.05, 0.1) is 0 Å². The molecule has 0 aromatic rings. The van der Waals surface area contributed by atoms with Gasteiger partial charge in [0, 0.05) is 12.1 Å². The minimum absolute atomic E-state index is 0.268. The van der Waals surface area contributed by atoms with Crippen molar-refractivity contribution < 1.29 is 9.53 Å². The Balaban J connectivity index is 1.32. The highest BCUT2D eigenvalue weighted by Crippen LogP contribution is 2.48. The molecule has 0 aromatic heterocycles. The van der Waals surface area contributed by atoms with Gasteiger partial charge in [-0.3, -0.25) is 0 Å². The van der Waals surface area contributed by atoms with E-state index in [1.165, 1.54) is 45.1 Å². The summed E-state index contributed by atoms with van der Waals surface area (Å²) in [5.41, 5.74) is -0.413. The van der Waals surface area contributed by atoms with Crippen LogP contribution in [0.25, 0.3) is 0 Å². The Labute approximate surface area is 141 Å². The van der Waals surface area contributed by atoms with Crippen molar-refractivity contribution in [2.24, 2.45) is 17.8 Å². The van der Waals surface area contributed by atoms with Crippen LogP contribution in [0.4, 0.5) is 4.79 Å². The van der Waals surface area contributed by atoms with Crippen molar-refractivity contribution in [3.63, 3.8) is 0 Å². The van der Waals surface area contributed by atoms with Crippen LogP contribution in [0.15, 0.2) is 0 Å². The number of alkyl carbamates (subject to hydrolysis) is 1. The summed E-state index contributed by atoms with van der Waals surface area (Å²) in [6.07, 6.45) is 10.1. The molecule has 0 saturated heterocycles. The molecule has 2 bridgehead atoms. The molecule has 4 nitrogen and oxygen atoms in total. The highest BCUT2D eigenvalue weighted by molar-refractivity contribution is 5.68. The third kappa shape index (κ3) is 4.85. The summed E-state index contributed by atoms with van der Waals surface area (Å²) >= 11 is 0. The molecule has 3 saturated carbocycles. The van der Waals surface area contributed by atoms with Gasteiger partial charge in [-0.1, -0.05) is 6.42 Å². The zero-order valence-corrected chi connectivity index (χ0v) is 15.1. The van der Waals surface area contributed by atoms with E-state index in [1.54, 1.807) is 0 Å². The minimum atomic E-state index is -0.413. The Morgan fingerprint density at radius 1 is 1.00 bits per heavy atom. The maximum Gasteiger partial charge on any atom is 0.407 e. The van der Waals surface area contributed by atoms with Gasteiger partial charge in [-0.2, -0.15) is 0 Å². The fourth-order valence-corrected chi connectivity index (χ4v) is 4.86. The van der Waals surface area contributed by atoms with E-state index in [4.69, 9.17) is 4.74 Å². The Morgan fingerprint density at radius 2 is 1.70 bits per heavy atom. The van der Waals surface area contributed by atoms with Gasteiger partial charge in [0.25, 0.3) is 0 Å². The molecule has 0 aromatic carbocycles. The average Bonchev–Trinajstić information content (AvgIpc) is 3.07. The van der Waals surface area contributed by atoms with E-state index < -0.39 is 5.60 Å². The van der Waals surface area contributed by atoms with Gasteiger partial charge in [-0.15, -0.1) is 0 Å². The van der Waals surface area contributed by atoms with Crippen molar-refractivity contribution in [1.82, 2.24) is 10.6 Å². The van der Waals surface area contributed by atoms with Gasteiger partial charge in [0.2, 0.25) is 0 Å². The van der Waals surface area contributed by atoms with E-state index >= 15 is 0 Å². The lowest BCUT2D eigenvalue weighted by atomic mass is 9.87. The summed E-state index contributed by atoms with van der Waals surface area (Å²) in [5, 5.41) is 6.84. The van der Waals surface area contributed by atoms with E-state index in [0.29, 0.717) is 6.04 Å². The summed E-state index contributed by atoms with van der Waals surface area (Å²) in [4.78, 5) is 11.8. The van der Waals surface area contributed by atoms with Crippen LogP contribution >= 0.6 is 0 Å². The number of carbonyl (C=O) groups is 1. The largest absolute Gasteiger partial charge is 0.444 e. The molecule has 3 aliphatic rings. The minimum Gasteiger partial charge on any atom is -0.444 e. The summed E-state index contributed by atoms with van der Waals surface area (Å²) in [6, 6.07) is 0.927. The van der Waals surface area contributed by atoms with Crippen LogP contribution in [0.3, 0.4) is 0 Å². The van der Waals surface area contributed by atoms with Crippen LogP contribution in [-0.2, 0) is 4.74 Å². The van der Waals surface area contributed by atoms with E-state index in [-0.39, 0.29) is 12.1 Å². The quantitative estimate of drug-likeness (QED) is 0.826. The fourth-order valence-electron chi connectivity index (χ4n) is 4.86. The van der Waals surface area contributed by atoms with Crippen molar-refractivity contribution >= 4 is 6.09 Å². The van der Waals surface area contributed by atoms with Gasteiger partial charge >= 0.3 is 6.09 Å². The molecule has 0 heterocycles. The highest BCUT2D eigenvalue weighted by atomic mass is 16.6. The number of hydrogen-bond donors (Lipinski definition) is 2. The summed E-state index contributed by atoms with van der Waals surface area (Å²) in [5.74, 6) is 2.99. The van der Waals surface area contributed by atoms with Crippen LogP contribution in [0.5, 0.6) is 0 Å². The van der Waals surface area contributed by atoms with E-state index in [9.17, 15) is 4.79 Å². The second-order valence-corrected chi connectivity index (χ2v) is 9.04. The molecule has 132 valence electrons. The zero-order valence-electron chi connectivity index (χ0n) is 15.1. The smallest absolute Gasteiger partial charge is 0.407 e. The Morgan fingerprint density at radius 3 is 2.26 bits per heavy atom. The molecular formula is C19H34N2O2. The van der Waals surface area contributed by atoms with Crippen LogP contribution < -0.4 is 10.6 Å². The van der Waals surface area contributed by atoms with Crippen molar-refractivity contribution in [1.29, 1.82) is 0 Å². The van der Waals surface area contributed by atoms with Crippen molar-refractivity contribution in [3.05, 3.63) is 0 Å². The summed E-state index contributed by atoms with van der Waals surface area (Å²) in [6.45, 7) is 6.94. The number of carbonyl (C=O) groups excluding carboxylic acids is 1. The number of amides is 1. The number of fused-ring (bicyclic) bond motifs is 2. The number of nitrogens with one attached hydrogen (secondary N) is 2. The molecule has 23 heavy (non-hydrogen) atoms. The Hall–Kier alpha value is -0.770. The predicted octanol–water partition coefficient (Wildman–Crippen LogP) is 3.85. The summed E-state index contributed by atoms with van der Waals surface area (Å²) < 4.78 is 5.34. The first-order valence-electron chi connectivity index (χ1n) is 9.62. The number of rotatable bonds is 4. The molecule has 3 unspecified atom stereocenters. The first kappa shape index (κ1) is 17.1. The fraction of sp³-hybridized carbons (Fsp3) is 0.947. The van der Waals surface area contributed by atoms with Gasteiger partial charge in [0.15, 0.2) is 0 Å². The van der Waals surface area contributed by atoms with Crippen molar-refractivity contribution in [3.8, 4) is 0 Å². The standard InChI is InChI=1S/C19H34N2O2/c1-19(2,3)23-18(22)21-17-8-6-16(7-9-17)20-12-15-11-13-4-5-14(15)10-13/h13-17,20H,4-12H2,1-3H3,(H,21,22). The lowest BCUT2D eigenvalue weighted by Crippen LogP contribution is -2.44. The monoisotopic (exact) mass is 322 g/mol. The van der Waals surface area contributed by atoms with Crippen molar-refractivity contribution in [2.75, 3.05) is 6.54 Å². The van der Waals surface area contributed by atoms with Gasteiger partial charge < -0.3 is 15.4 Å². The average molecular weight is 322 g/mol.